The van der Waals surface area contributed by atoms with Crippen molar-refractivity contribution in [1.82, 2.24) is 0 Å². The van der Waals surface area contributed by atoms with Gasteiger partial charge in [0.15, 0.2) is 0 Å². The van der Waals surface area contributed by atoms with Crippen molar-refractivity contribution in [3.05, 3.63) is 0 Å². The van der Waals surface area contributed by atoms with Gasteiger partial charge in [-0.2, -0.15) is 0 Å². The molecule has 0 fully saturated rings. The van der Waals surface area contributed by atoms with Gasteiger partial charge >= 0.3 is 0 Å². The van der Waals surface area contributed by atoms with Crippen LogP contribution in [-0.2, 0) is 19.0 Å². The van der Waals surface area contributed by atoms with E-state index in [0.29, 0.717) is 46.1 Å². The van der Waals surface area contributed by atoms with Crippen molar-refractivity contribution >= 4 is 5.78 Å². The molecular formula is C11H22O5. The summed E-state index contributed by atoms with van der Waals surface area (Å²) < 4.78 is 15.5. The molecule has 0 aliphatic heterocycles. The Hall–Kier alpha value is -0.490. The highest BCUT2D eigenvalue weighted by Crippen LogP contribution is 1.91. The van der Waals surface area contributed by atoms with E-state index in [1.807, 2.05) is 0 Å². The molecule has 0 saturated heterocycles. The number of hydrogen-bond acceptors (Lipinski definition) is 5. The van der Waals surface area contributed by atoms with Gasteiger partial charge in [-0.1, -0.05) is 0 Å². The summed E-state index contributed by atoms with van der Waals surface area (Å²) >= 11 is 0. The summed E-state index contributed by atoms with van der Waals surface area (Å²) in [6.45, 7) is 4.64. The van der Waals surface area contributed by atoms with Crippen LogP contribution in [0.4, 0.5) is 0 Å². The summed E-state index contributed by atoms with van der Waals surface area (Å²) in [6, 6.07) is 0. The lowest BCUT2D eigenvalue weighted by Crippen LogP contribution is -2.11. The number of rotatable bonds is 12. The highest BCUT2D eigenvalue weighted by atomic mass is 16.5. The van der Waals surface area contributed by atoms with E-state index in [-0.39, 0.29) is 12.4 Å². The zero-order chi connectivity index (χ0) is 12.1. The van der Waals surface area contributed by atoms with Crippen LogP contribution < -0.4 is 0 Å². The second-order valence-corrected chi connectivity index (χ2v) is 3.37. The third kappa shape index (κ3) is 13.5. The first-order chi connectivity index (χ1) is 7.77. The second kappa shape index (κ2) is 12.6. The molecule has 0 unspecified atom stereocenters. The van der Waals surface area contributed by atoms with Gasteiger partial charge in [0, 0.05) is 13.0 Å². The lowest BCUT2D eigenvalue weighted by molar-refractivity contribution is -0.117. The van der Waals surface area contributed by atoms with Gasteiger partial charge in [-0.3, -0.25) is 0 Å². The number of ketones is 1. The molecule has 0 saturated carbocycles. The van der Waals surface area contributed by atoms with Crippen molar-refractivity contribution in [2.24, 2.45) is 0 Å². The van der Waals surface area contributed by atoms with Crippen molar-refractivity contribution in [2.75, 3.05) is 46.2 Å². The van der Waals surface area contributed by atoms with Crippen molar-refractivity contribution in [3.63, 3.8) is 0 Å². The maximum Gasteiger partial charge on any atom is 0.129 e. The number of aliphatic hydroxyl groups is 1. The van der Waals surface area contributed by atoms with Gasteiger partial charge in [0.25, 0.3) is 0 Å². The lowest BCUT2D eigenvalue weighted by atomic mass is 10.2. The van der Waals surface area contributed by atoms with Crippen molar-refractivity contribution in [1.29, 1.82) is 0 Å². The SMILES string of the molecule is CC(=O)CCCOCCOCCOCCO. The zero-order valence-electron chi connectivity index (χ0n) is 9.94. The lowest BCUT2D eigenvalue weighted by Gasteiger charge is -2.05. The van der Waals surface area contributed by atoms with Crippen LogP contribution >= 0.6 is 0 Å². The van der Waals surface area contributed by atoms with Gasteiger partial charge < -0.3 is 24.1 Å². The Balaban J connectivity index is 2.90. The second-order valence-electron chi connectivity index (χ2n) is 3.37. The Kier molecular flexibility index (Phi) is 12.2. The predicted molar refractivity (Wildman–Crippen MR) is 59.5 cm³/mol. The minimum atomic E-state index is 0.0409. The van der Waals surface area contributed by atoms with Gasteiger partial charge in [0.2, 0.25) is 0 Å². The Morgan fingerprint density at radius 3 is 1.94 bits per heavy atom. The van der Waals surface area contributed by atoms with Gasteiger partial charge in [0.05, 0.1) is 39.6 Å². The average Bonchev–Trinajstić information content (AvgIpc) is 2.25. The molecule has 0 amide bonds. The predicted octanol–water partition coefficient (Wildman–Crippen LogP) is 0.398. The van der Waals surface area contributed by atoms with Gasteiger partial charge in [-0.15, -0.1) is 0 Å². The normalized spacial score (nSPS) is 10.6. The molecule has 5 heteroatoms. The molecule has 5 nitrogen and oxygen atoms in total. The Labute approximate surface area is 96.7 Å². The van der Waals surface area contributed by atoms with E-state index in [1.165, 1.54) is 0 Å². The molecule has 0 heterocycles. The number of carbonyl (C=O) groups excluding carboxylic acids is 1. The van der Waals surface area contributed by atoms with E-state index < -0.39 is 0 Å². The summed E-state index contributed by atoms with van der Waals surface area (Å²) in [5.41, 5.74) is 0. The van der Waals surface area contributed by atoms with Crippen molar-refractivity contribution in [3.8, 4) is 0 Å². The Morgan fingerprint density at radius 1 is 0.938 bits per heavy atom. The molecule has 0 spiro atoms. The molecule has 0 rings (SSSR count). The third-order valence-electron chi connectivity index (χ3n) is 1.80. The van der Waals surface area contributed by atoms with Crippen LogP contribution in [0.2, 0.25) is 0 Å². The first kappa shape index (κ1) is 15.5. The fraction of sp³-hybridized carbons (Fsp3) is 0.909. The minimum Gasteiger partial charge on any atom is -0.394 e. The van der Waals surface area contributed by atoms with E-state index in [1.54, 1.807) is 6.92 Å². The quantitative estimate of drug-likeness (QED) is 0.495. The number of aliphatic hydroxyl groups excluding tert-OH is 1. The molecule has 0 radical (unpaired) electrons. The van der Waals surface area contributed by atoms with E-state index >= 15 is 0 Å². The van der Waals surface area contributed by atoms with E-state index in [0.717, 1.165) is 6.42 Å². The molecule has 0 atom stereocenters. The monoisotopic (exact) mass is 234 g/mol. The highest BCUT2D eigenvalue weighted by molar-refractivity contribution is 5.75. The molecule has 0 aliphatic rings. The molecule has 16 heavy (non-hydrogen) atoms. The Bertz CT molecular complexity index is 160. The summed E-state index contributed by atoms with van der Waals surface area (Å²) in [4.78, 5) is 10.6. The summed E-state index contributed by atoms with van der Waals surface area (Å²) in [5.74, 6) is 0.195. The third-order valence-corrected chi connectivity index (χ3v) is 1.80. The molecule has 96 valence electrons. The largest absolute Gasteiger partial charge is 0.394 e. The van der Waals surface area contributed by atoms with Crippen LogP contribution in [0.5, 0.6) is 0 Å². The van der Waals surface area contributed by atoms with Gasteiger partial charge in [0.1, 0.15) is 5.78 Å². The topological polar surface area (TPSA) is 65.0 Å². The van der Waals surface area contributed by atoms with E-state index in [2.05, 4.69) is 0 Å². The number of hydrogen-bond donors (Lipinski definition) is 1. The van der Waals surface area contributed by atoms with Gasteiger partial charge in [-0.05, 0) is 13.3 Å². The Morgan fingerprint density at radius 2 is 1.44 bits per heavy atom. The fourth-order valence-electron chi connectivity index (χ4n) is 1.03. The molecule has 1 N–H and O–H groups in total. The summed E-state index contributed by atoms with van der Waals surface area (Å²) in [5, 5.41) is 8.42. The van der Waals surface area contributed by atoms with Crippen LogP contribution in [0.3, 0.4) is 0 Å². The van der Waals surface area contributed by atoms with Gasteiger partial charge in [-0.25, -0.2) is 0 Å². The maximum atomic E-state index is 10.6. The average molecular weight is 234 g/mol. The fourth-order valence-corrected chi connectivity index (χ4v) is 1.03. The van der Waals surface area contributed by atoms with E-state index in [9.17, 15) is 4.79 Å². The van der Waals surface area contributed by atoms with Crippen LogP contribution in [0, 0.1) is 0 Å². The molecule has 0 aromatic carbocycles. The first-order valence-corrected chi connectivity index (χ1v) is 5.61. The van der Waals surface area contributed by atoms with Crippen LogP contribution in [0.25, 0.3) is 0 Å². The molecular weight excluding hydrogens is 212 g/mol. The molecule has 0 aromatic heterocycles. The van der Waals surface area contributed by atoms with Crippen LogP contribution in [-0.4, -0.2) is 57.1 Å². The standard InChI is InChI=1S/C11H22O5/c1-11(13)3-2-5-14-7-9-16-10-8-15-6-4-12/h12H,2-10H2,1H3. The summed E-state index contributed by atoms with van der Waals surface area (Å²) in [6.07, 6.45) is 1.35. The number of Topliss-reactive ketones (excluding diaryl/α,β-unsaturated/α-hetero) is 1. The van der Waals surface area contributed by atoms with Crippen molar-refractivity contribution < 1.29 is 24.1 Å². The molecule has 0 aromatic rings. The maximum absolute atomic E-state index is 10.6. The van der Waals surface area contributed by atoms with Crippen LogP contribution in [0.15, 0.2) is 0 Å². The van der Waals surface area contributed by atoms with Crippen LogP contribution in [0.1, 0.15) is 19.8 Å². The first-order valence-electron chi connectivity index (χ1n) is 5.61. The zero-order valence-corrected chi connectivity index (χ0v) is 9.94. The summed E-state index contributed by atoms with van der Waals surface area (Å²) in [7, 11) is 0. The molecule has 0 bridgehead atoms. The molecule has 0 aliphatic carbocycles. The highest BCUT2D eigenvalue weighted by Gasteiger charge is 1.94. The smallest absolute Gasteiger partial charge is 0.129 e. The number of ether oxygens (including phenoxy) is 3. The van der Waals surface area contributed by atoms with Crippen molar-refractivity contribution in [2.45, 2.75) is 19.8 Å². The number of carbonyl (C=O) groups is 1. The minimum absolute atomic E-state index is 0.0409. The van der Waals surface area contributed by atoms with E-state index in [4.69, 9.17) is 19.3 Å².